The van der Waals surface area contributed by atoms with E-state index < -0.39 is 42.2 Å². The number of alkyl halides is 4. The minimum Gasteiger partial charge on any atom is -0.544 e. The van der Waals surface area contributed by atoms with Crippen LogP contribution in [0, 0.1) is 0 Å². The van der Waals surface area contributed by atoms with Gasteiger partial charge in [0, 0.05) is 6.92 Å². The quantitative estimate of drug-likeness (QED) is 0.525. The Bertz CT molecular complexity index is 692. The number of esters is 1. The van der Waals surface area contributed by atoms with Gasteiger partial charge in [0.05, 0.1) is 5.69 Å². The van der Waals surface area contributed by atoms with Gasteiger partial charge in [0.15, 0.2) is 6.61 Å². The summed E-state index contributed by atoms with van der Waals surface area (Å²) < 4.78 is 55.6. The van der Waals surface area contributed by atoms with Gasteiger partial charge >= 0.3 is 17.8 Å². The highest BCUT2D eigenvalue weighted by Gasteiger charge is 2.64. The maximum atomic E-state index is 13.1. The predicted molar refractivity (Wildman–Crippen MR) is 70.5 cm³/mol. The highest BCUT2D eigenvalue weighted by Crippen LogP contribution is 2.34. The average molecular weight is 364 g/mol. The number of nitrogens with zero attached hydrogens (tertiary/aromatic N) is 1. The summed E-state index contributed by atoms with van der Waals surface area (Å²) in [6.07, 6.45) is 0. The number of carbonyl (C=O) groups excluding carboxylic acids is 4. The molecule has 1 aromatic rings. The summed E-state index contributed by atoms with van der Waals surface area (Å²) in [6, 6.07) is 7.05. The van der Waals surface area contributed by atoms with E-state index in [1.807, 2.05) is 0 Å². The lowest BCUT2D eigenvalue weighted by molar-refractivity contribution is -0.346. The predicted octanol–water partition coefficient (Wildman–Crippen LogP) is 0.130. The molecular formula is C14H10F4NO6-. The Balaban J connectivity index is 2.89. The van der Waals surface area contributed by atoms with Crippen LogP contribution in [0.1, 0.15) is 6.92 Å². The lowest BCUT2D eigenvalue weighted by Gasteiger charge is -2.25. The van der Waals surface area contributed by atoms with Gasteiger partial charge in [-0.1, -0.05) is 18.2 Å². The zero-order chi connectivity index (χ0) is 19.4. The van der Waals surface area contributed by atoms with Crippen LogP contribution in [-0.2, 0) is 23.9 Å². The van der Waals surface area contributed by atoms with Gasteiger partial charge in [-0.05, 0) is 12.1 Å². The van der Waals surface area contributed by atoms with Crippen LogP contribution >= 0.6 is 0 Å². The first-order chi connectivity index (χ1) is 11.4. The van der Waals surface area contributed by atoms with E-state index in [0.717, 1.165) is 6.92 Å². The number of rotatable bonds is 6. The van der Waals surface area contributed by atoms with Crippen LogP contribution in [0.4, 0.5) is 23.2 Å². The molecule has 0 heterocycles. The Labute approximate surface area is 137 Å². The molecular weight excluding hydrogens is 354 g/mol. The number of imide groups is 1. The number of hydrogen-bond donors (Lipinski definition) is 0. The van der Waals surface area contributed by atoms with E-state index in [4.69, 9.17) is 0 Å². The Kier molecular flexibility index (Phi) is 5.84. The van der Waals surface area contributed by atoms with E-state index in [1.165, 1.54) is 24.3 Å². The smallest absolute Gasteiger partial charge is 0.410 e. The van der Waals surface area contributed by atoms with Gasteiger partial charge in [-0.15, -0.1) is 0 Å². The van der Waals surface area contributed by atoms with Crippen molar-refractivity contribution in [2.24, 2.45) is 0 Å². The Morgan fingerprint density at radius 3 is 2.00 bits per heavy atom. The van der Waals surface area contributed by atoms with Crippen molar-refractivity contribution in [1.29, 1.82) is 0 Å². The first-order valence-corrected chi connectivity index (χ1v) is 6.45. The fourth-order valence-corrected chi connectivity index (χ4v) is 1.62. The van der Waals surface area contributed by atoms with Gasteiger partial charge < -0.3 is 14.6 Å². The summed E-state index contributed by atoms with van der Waals surface area (Å²) in [5, 5.41) is 10.0. The maximum absolute atomic E-state index is 13.1. The SMILES string of the molecule is CC(=O)N(C(=O)COC(=O)C(F)(F)C(F)(F)C(=O)[O-])c1ccccc1. The van der Waals surface area contributed by atoms with Crippen molar-refractivity contribution >= 4 is 29.4 Å². The van der Waals surface area contributed by atoms with E-state index >= 15 is 0 Å². The number of carboxylic acid groups (broad SMARTS) is 1. The first kappa shape index (κ1) is 20.1. The molecule has 1 aromatic carbocycles. The van der Waals surface area contributed by atoms with Crippen LogP contribution in [0.3, 0.4) is 0 Å². The molecule has 0 aliphatic heterocycles. The monoisotopic (exact) mass is 364 g/mol. The summed E-state index contributed by atoms with van der Waals surface area (Å²) in [5.74, 6) is -20.2. The molecule has 0 saturated carbocycles. The fourth-order valence-electron chi connectivity index (χ4n) is 1.62. The van der Waals surface area contributed by atoms with Gasteiger partial charge in [0.2, 0.25) is 5.91 Å². The van der Waals surface area contributed by atoms with E-state index in [2.05, 4.69) is 4.74 Å². The molecule has 0 unspecified atom stereocenters. The summed E-state index contributed by atoms with van der Waals surface area (Å²) in [7, 11) is 0. The third kappa shape index (κ3) is 4.11. The molecule has 0 radical (unpaired) electrons. The zero-order valence-electron chi connectivity index (χ0n) is 12.5. The number of aliphatic carboxylic acids is 1. The van der Waals surface area contributed by atoms with Crippen molar-refractivity contribution in [2.75, 3.05) is 11.5 Å². The molecule has 0 aliphatic rings. The maximum Gasteiger partial charge on any atom is 0.410 e. The summed E-state index contributed by atoms with van der Waals surface area (Å²) in [5.41, 5.74) is 0.0166. The number of ether oxygens (including phenoxy) is 1. The number of benzene rings is 1. The van der Waals surface area contributed by atoms with E-state index in [0.29, 0.717) is 4.90 Å². The van der Waals surface area contributed by atoms with Gasteiger partial charge in [0.25, 0.3) is 5.91 Å². The standard InChI is InChI=1S/C14H11F4NO6/c1-8(20)19(9-5-3-2-4-6-9)10(21)7-25-12(24)14(17,18)13(15,16)11(22)23/h2-6H,7H2,1H3,(H,22,23)/p-1. The molecule has 0 saturated heterocycles. The van der Waals surface area contributed by atoms with Crippen LogP contribution in [0.5, 0.6) is 0 Å². The van der Waals surface area contributed by atoms with E-state index in [9.17, 15) is 41.8 Å². The number of carbonyl (C=O) groups is 4. The van der Waals surface area contributed by atoms with Crippen molar-refractivity contribution in [3.63, 3.8) is 0 Å². The number of carboxylic acids is 1. The highest BCUT2D eigenvalue weighted by molar-refractivity contribution is 6.14. The molecule has 25 heavy (non-hydrogen) atoms. The van der Waals surface area contributed by atoms with Gasteiger partial charge in [-0.3, -0.25) is 9.59 Å². The number of halogens is 4. The van der Waals surface area contributed by atoms with Crippen LogP contribution in [0.2, 0.25) is 0 Å². The average Bonchev–Trinajstić information content (AvgIpc) is 2.52. The molecule has 0 aromatic heterocycles. The normalized spacial score (nSPS) is 11.6. The number of anilines is 1. The third-order valence-corrected chi connectivity index (χ3v) is 2.81. The van der Waals surface area contributed by atoms with Gasteiger partial charge in [0.1, 0.15) is 5.97 Å². The largest absolute Gasteiger partial charge is 0.544 e. The number of hydrogen-bond acceptors (Lipinski definition) is 6. The molecule has 0 aliphatic carbocycles. The van der Waals surface area contributed by atoms with Crippen molar-refractivity contribution < 1.29 is 46.6 Å². The van der Waals surface area contributed by atoms with Gasteiger partial charge in [-0.2, -0.15) is 17.6 Å². The fraction of sp³-hybridized carbons (Fsp3) is 0.286. The van der Waals surface area contributed by atoms with Crippen molar-refractivity contribution in [3.8, 4) is 0 Å². The molecule has 2 amide bonds. The van der Waals surface area contributed by atoms with E-state index in [-0.39, 0.29) is 5.69 Å². The van der Waals surface area contributed by atoms with Gasteiger partial charge in [-0.25, -0.2) is 9.69 Å². The van der Waals surface area contributed by atoms with Crippen molar-refractivity contribution in [3.05, 3.63) is 30.3 Å². The third-order valence-electron chi connectivity index (χ3n) is 2.81. The molecule has 1 rings (SSSR count). The number of para-hydroxylation sites is 1. The summed E-state index contributed by atoms with van der Waals surface area (Å²) in [6.45, 7) is -0.544. The number of amides is 2. The lowest BCUT2D eigenvalue weighted by Crippen LogP contribution is -2.58. The Morgan fingerprint density at radius 2 is 1.56 bits per heavy atom. The van der Waals surface area contributed by atoms with Crippen LogP contribution in [0.25, 0.3) is 0 Å². The summed E-state index contributed by atoms with van der Waals surface area (Å²) >= 11 is 0. The topological polar surface area (TPSA) is 104 Å². The van der Waals surface area contributed by atoms with Crippen molar-refractivity contribution in [1.82, 2.24) is 0 Å². The molecule has 11 heteroatoms. The molecule has 0 atom stereocenters. The molecule has 7 nitrogen and oxygen atoms in total. The van der Waals surface area contributed by atoms with Crippen LogP contribution in [-0.4, -0.2) is 42.2 Å². The Morgan fingerprint density at radius 1 is 1.04 bits per heavy atom. The minimum absolute atomic E-state index is 0.0166. The second-order valence-corrected chi connectivity index (χ2v) is 4.60. The molecule has 0 spiro atoms. The zero-order valence-corrected chi connectivity index (χ0v) is 12.5. The Hall–Kier alpha value is -2.98. The molecule has 0 bridgehead atoms. The summed E-state index contributed by atoms with van der Waals surface area (Å²) in [4.78, 5) is 44.9. The van der Waals surface area contributed by atoms with Crippen molar-refractivity contribution in [2.45, 2.75) is 18.8 Å². The van der Waals surface area contributed by atoms with Crippen LogP contribution in [0.15, 0.2) is 30.3 Å². The second-order valence-electron chi connectivity index (χ2n) is 4.60. The molecule has 0 fully saturated rings. The minimum atomic E-state index is -5.84. The molecule has 136 valence electrons. The van der Waals surface area contributed by atoms with Crippen LogP contribution < -0.4 is 10.0 Å². The second kappa shape index (κ2) is 7.28. The lowest BCUT2D eigenvalue weighted by atomic mass is 10.2. The molecule has 0 N–H and O–H groups in total. The van der Waals surface area contributed by atoms with E-state index in [1.54, 1.807) is 6.07 Å². The highest BCUT2D eigenvalue weighted by atomic mass is 19.3. The first-order valence-electron chi connectivity index (χ1n) is 6.45.